The summed E-state index contributed by atoms with van der Waals surface area (Å²) in [4.78, 5) is 11.5. The number of nitrogens with one attached hydrogen (secondary N) is 1. The second-order valence-electron chi connectivity index (χ2n) is 5.25. The van der Waals surface area contributed by atoms with E-state index in [1.807, 2.05) is 12.1 Å². The summed E-state index contributed by atoms with van der Waals surface area (Å²) in [5.74, 6) is 0.221. The van der Waals surface area contributed by atoms with Crippen molar-refractivity contribution in [3.8, 4) is 5.75 Å². The molecular weight excluding hydrogens is 402 g/mol. The number of halogens is 2. The van der Waals surface area contributed by atoms with Gasteiger partial charge >= 0.3 is 5.97 Å². The maximum absolute atomic E-state index is 11.5. The molecule has 0 amide bonds. The van der Waals surface area contributed by atoms with Gasteiger partial charge in [0.05, 0.1) is 15.0 Å². The van der Waals surface area contributed by atoms with Gasteiger partial charge in [-0.05, 0) is 63.4 Å². The molecule has 1 aromatic rings. The molecule has 21 heavy (non-hydrogen) atoms. The van der Waals surface area contributed by atoms with Crippen LogP contribution in [0.5, 0.6) is 5.75 Å². The molecule has 0 fully saturated rings. The summed E-state index contributed by atoms with van der Waals surface area (Å²) in [6.45, 7) is 8.47. The predicted octanol–water partition coefficient (Wildman–Crippen LogP) is 4.04. The first kappa shape index (κ1) is 18.5. The van der Waals surface area contributed by atoms with Crippen LogP contribution in [0, 0.1) is 0 Å². The van der Waals surface area contributed by atoms with Crippen molar-refractivity contribution in [1.29, 1.82) is 0 Å². The summed E-state index contributed by atoms with van der Waals surface area (Å²) >= 11 is 6.94. The Bertz CT molecular complexity index is 467. The SMILES string of the molecule is CC(C)NCc1cc(Br)c(OCC(=O)OC(C)C)c(Br)c1. The highest BCUT2D eigenvalue weighted by atomic mass is 79.9. The number of carbonyl (C=O) groups excluding carboxylic acids is 1. The number of ether oxygens (including phenoxy) is 2. The van der Waals surface area contributed by atoms with Crippen molar-refractivity contribution in [2.75, 3.05) is 6.61 Å². The molecule has 0 heterocycles. The number of hydrogen-bond donors (Lipinski definition) is 1. The third-order valence-electron chi connectivity index (χ3n) is 2.47. The molecule has 0 saturated carbocycles. The Kier molecular flexibility index (Phi) is 7.70. The van der Waals surface area contributed by atoms with E-state index in [0.717, 1.165) is 21.1 Å². The molecule has 0 spiro atoms. The van der Waals surface area contributed by atoms with Crippen molar-refractivity contribution in [3.05, 3.63) is 26.6 Å². The van der Waals surface area contributed by atoms with Gasteiger partial charge in [0.15, 0.2) is 6.61 Å². The Labute approximate surface area is 142 Å². The third kappa shape index (κ3) is 6.80. The van der Waals surface area contributed by atoms with Crippen LogP contribution in [-0.4, -0.2) is 24.7 Å². The molecule has 118 valence electrons. The fourth-order valence-corrected chi connectivity index (χ4v) is 3.11. The molecule has 0 bridgehead atoms. The van der Waals surface area contributed by atoms with Crippen LogP contribution in [0.1, 0.15) is 33.3 Å². The van der Waals surface area contributed by atoms with Crippen molar-refractivity contribution < 1.29 is 14.3 Å². The quantitative estimate of drug-likeness (QED) is 0.673. The topological polar surface area (TPSA) is 47.6 Å². The van der Waals surface area contributed by atoms with Gasteiger partial charge in [-0.25, -0.2) is 4.79 Å². The van der Waals surface area contributed by atoms with Gasteiger partial charge in [0.1, 0.15) is 5.75 Å². The van der Waals surface area contributed by atoms with E-state index in [1.165, 1.54) is 0 Å². The van der Waals surface area contributed by atoms with E-state index in [0.29, 0.717) is 11.8 Å². The van der Waals surface area contributed by atoms with Crippen molar-refractivity contribution in [2.45, 2.75) is 46.4 Å². The van der Waals surface area contributed by atoms with Gasteiger partial charge in [-0.15, -0.1) is 0 Å². The summed E-state index contributed by atoms with van der Waals surface area (Å²) < 4.78 is 12.2. The zero-order valence-electron chi connectivity index (χ0n) is 12.7. The fraction of sp³-hybridized carbons (Fsp3) is 0.533. The van der Waals surface area contributed by atoms with Gasteiger partial charge in [-0.2, -0.15) is 0 Å². The Hall–Kier alpha value is -0.590. The van der Waals surface area contributed by atoms with E-state index >= 15 is 0 Å². The van der Waals surface area contributed by atoms with E-state index in [4.69, 9.17) is 9.47 Å². The summed E-state index contributed by atoms with van der Waals surface area (Å²) in [7, 11) is 0. The smallest absolute Gasteiger partial charge is 0.344 e. The summed E-state index contributed by atoms with van der Waals surface area (Å²) in [6, 6.07) is 4.37. The Morgan fingerprint density at radius 3 is 2.24 bits per heavy atom. The summed E-state index contributed by atoms with van der Waals surface area (Å²) in [5, 5.41) is 3.35. The monoisotopic (exact) mass is 421 g/mol. The highest BCUT2D eigenvalue weighted by Gasteiger charge is 2.12. The third-order valence-corrected chi connectivity index (χ3v) is 3.65. The Balaban J connectivity index is 2.69. The number of benzene rings is 1. The maximum atomic E-state index is 11.5. The van der Waals surface area contributed by atoms with Crippen LogP contribution in [-0.2, 0) is 16.1 Å². The molecule has 0 unspecified atom stereocenters. The molecule has 0 aliphatic carbocycles. The lowest BCUT2D eigenvalue weighted by molar-refractivity contribution is -0.149. The van der Waals surface area contributed by atoms with Crippen LogP contribution < -0.4 is 10.1 Å². The van der Waals surface area contributed by atoms with E-state index in [9.17, 15) is 4.79 Å². The van der Waals surface area contributed by atoms with Crippen LogP contribution in [0.4, 0.5) is 0 Å². The lowest BCUT2D eigenvalue weighted by Crippen LogP contribution is -2.22. The van der Waals surface area contributed by atoms with Crippen LogP contribution >= 0.6 is 31.9 Å². The summed E-state index contributed by atoms with van der Waals surface area (Å²) in [5.41, 5.74) is 1.12. The molecule has 1 aromatic carbocycles. The van der Waals surface area contributed by atoms with Crippen LogP contribution in [0.15, 0.2) is 21.1 Å². The minimum atomic E-state index is -0.380. The highest BCUT2D eigenvalue weighted by Crippen LogP contribution is 2.34. The lowest BCUT2D eigenvalue weighted by atomic mass is 10.2. The molecule has 0 aliphatic heterocycles. The first-order chi connectivity index (χ1) is 9.79. The van der Waals surface area contributed by atoms with Crippen molar-refractivity contribution in [1.82, 2.24) is 5.32 Å². The van der Waals surface area contributed by atoms with Gasteiger partial charge < -0.3 is 14.8 Å². The lowest BCUT2D eigenvalue weighted by Gasteiger charge is -2.14. The number of hydrogen-bond acceptors (Lipinski definition) is 4. The second kappa shape index (κ2) is 8.76. The first-order valence-corrected chi connectivity index (χ1v) is 8.41. The molecule has 4 nitrogen and oxygen atoms in total. The predicted molar refractivity (Wildman–Crippen MR) is 90.5 cm³/mol. The fourth-order valence-electron chi connectivity index (χ4n) is 1.60. The van der Waals surface area contributed by atoms with Crippen molar-refractivity contribution in [3.63, 3.8) is 0 Å². The van der Waals surface area contributed by atoms with Gasteiger partial charge in [0.2, 0.25) is 0 Å². The zero-order valence-corrected chi connectivity index (χ0v) is 15.9. The van der Waals surface area contributed by atoms with Crippen molar-refractivity contribution in [2.24, 2.45) is 0 Å². The van der Waals surface area contributed by atoms with Gasteiger partial charge in [-0.1, -0.05) is 13.8 Å². The Morgan fingerprint density at radius 2 is 1.76 bits per heavy atom. The molecule has 0 aliphatic rings. The average molecular weight is 423 g/mol. The molecule has 6 heteroatoms. The van der Waals surface area contributed by atoms with Gasteiger partial charge in [0, 0.05) is 12.6 Å². The van der Waals surface area contributed by atoms with Crippen LogP contribution in [0.2, 0.25) is 0 Å². The van der Waals surface area contributed by atoms with Gasteiger partial charge in [-0.3, -0.25) is 0 Å². The first-order valence-electron chi connectivity index (χ1n) is 6.83. The highest BCUT2D eigenvalue weighted by molar-refractivity contribution is 9.11. The molecule has 0 radical (unpaired) electrons. The molecule has 0 saturated heterocycles. The molecular formula is C15H21Br2NO3. The van der Waals surface area contributed by atoms with Crippen LogP contribution in [0.25, 0.3) is 0 Å². The number of esters is 1. The van der Waals surface area contributed by atoms with E-state index in [2.05, 4.69) is 51.0 Å². The molecule has 1 N–H and O–H groups in total. The second-order valence-corrected chi connectivity index (χ2v) is 6.96. The standard InChI is InChI=1S/C15H21Br2NO3/c1-9(2)18-7-11-5-12(16)15(13(17)6-11)20-8-14(19)21-10(3)4/h5-6,9-10,18H,7-8H2,1-4H3. The molecule has 0 aromatic heterocycles. The normalized spacial score (nSPS) is 11.0. The molecule has 1 rings (SSSR count). The minimum absolute atomic E-state index is 0.112. The van der Waals surface area contributed by atoms with Crippen molar-refractivity contribution >= 4 is 37.8 Å². The minimum Gasteiger partial charge on any atom is -0.480 e. The van der Waals surface area contributed by atoms with E-state index in [-0.39, 0.29) is 18.7 Å². The van der Waals surface area contributed by atoms with Gasteiger partial charge in [0.25, 0.3) is 0 Å². The number of rotatable bonds is 7. The maximum Gasteiger partial charge on any atom is 0.344 e. The zero-order chi connectivity index (χ0) is 16.0. The van der Waals surface area contributed by atoms with Crippen LogP contribution in [0.3, 0.4) is 0 Å². The van der Waals surface area contributed by atoms with E-state index in [1.54, 1.807) is 13.8 Å². The average Bonchev–Trinajstić information content (AvgIpc) is 2.34. The Morgan fingerprint density at radius 1 is 1.19 bits per heavy atom. The largest absolute Gasteiger partial charge is 0.480 e. The summed E-state index contributed by atoms with van der Waals surface area (Å²) in [6.07, 6.45) is -0.141. The molecule has 0 atom stereocenters. The number of carbonyl (C=O) groups is 1. The van der Waals surface area contributed by atoms with E-state index < -0.39 is 0 Å².